The molecule has 0 aromatic heterocycles. The number of rotatable bonds is 6. The molecule has 106 valence electrons. The van der Waals surface area contributed by atoms with Crippen LogP contribution in [0.4, 0.5) is 11.4 Å². The largest absolute Gasteiger partial charge is 0.381 e. The van der Waals surface area contributed by atoms with Gasteiger partial charge < -0.3 is 15.0 Å². The normalized spacial score (nSPS) is 18.3. The van der Waals surface area contributed by atoms with E-state index in [1.165, 1.54) is 11.4 Å². The van der Waals surface area contributed by atoms with Crippen LogP contribution in [0.5, 0.6) is 0 Å². The summed E-state index contributed by atoms with van der Waals surface area (Å²) in [5, 5.41) is 3.48. The van der Waals surface area contributed by atoms with Crippen LogP contribution in [-0.2, 0) is 4.74 Å². The number of benzene rings is 1. The predicted molar refractivity (Wildman–Crippen MR) is 82.0 cm³/mol. The highest BCUT2D eigenvalue weighted by Crippen LogP contribution is 2.30. The molecule has 1 unspecified atom stereocenters. The first kappa shape index (κ1) is 14.2. The van der Waals surface area contributed by atoms with Crippen LogP contribution < -0.4 is 10.2 Å². The van der Waals surface area contributed by atoms with Gasteiger partial charge in [-0.3, -0.25) is 0 Å². The van der Waals surface area contributed by atoms with E-state index >= 15 is 0 Å². The molecule has 19 heavy (non-hydrogen) atoms. The maximum Gasteiger partial charge on any atom is 0.0641 e. The van der Waals surface area contributed by atoms with Gasteiger partial charge in [0.2, 0.25) is 0 Å². The van der Waals surface area contributed by atoms with Crippen LogP contribution in [0.3, 0.4) is 0 Å². The molecule has 1 N–H and O–H groups in total. The highest BCUT2D eigenvalue weighted by atomic mass is 16.5. The van der Waals surface area contributed by atoms with E-state index in [-0.39, 0.29) is 0 Å². The molecular weight excluding hydrogens is 236 g/mol. The second-order valence-electron chi connectivity index (χ2n) is 5.74. The first-order chi connectivity index (χ1) is 9.18. The molecule has 0 fully saturated rings. The number of ether oxygens (including phenoxy) is 1. The van der Waals surface area contributed by atoms with Gasteiger partial charge in [0.25, 0.3) is 0 Å². The first-order valence-electron chi connectivity index (χ1n) is 7.35. The van der Waals surface area contributed by atoms with Crippen LogP contribution in [0.1, 0.15) is 27.2 Å². The Morgan fingerprint density at radius 2 is 2.11 bits per heavy atom. The molecule has 0 amide bonds. The molecule has 1 aromatic carbocycles. The van der Waals surface area contributed by atoms with Gasteiger partial charge in [-0.25, -0.2) is 0 Å². The Bertz CT molecular complexity index is 392. The number of hydrogen-bond donors (Lipinski definition) is 1. The highest BCUT2D eigenvalue weighted by molar-refractivity contribution is 5.72. The Hall–Kier alpha value is -1.22. The van der Waals surface area contributed by atoms with Crippen LogP contribution >= 0.6 is 0 Å². The van der Waals surface area contributed by atoms with E-state index in [0.717, 1.165) is 38.6 Å². The van der Waals surface area contributed by atoms with E-state index in [1.807, 2.05) is 0 Å². The molecule has 0 saturated carbocycles. The van der Waals surface area contributed by atoms with E-state index in [9.17, 15) is 0 Å². The van der Waals surface area contributed by atoms with Gasteiger partial charge in [-0.2, -0.15) is 0 Å². The van der Waals surface area contributed by atoms with Gasteiger partial charge in [-0.05, 0) is 31.4 Å². The summed E-state index contributed by atoms with van der Waals surface area (Å²) in [5.74, 6) is 0.721. The quantitative estimate of drug-likeness (QED) is 0.796. The Morgan fingerprint density at radius 1 is 1.32 bits per heavy atom. The molecule has 1 aromatic rings. The molecule has 1 aliphatic rings. The first-order valence-corrected chi connectivity index (χ1v) is 7.35. The lowest BCUT2D eigenvalue weighted by Crippen LogP contribution is -2.43. The second kappa shape index (κ2) is 6.80. The van der Waals surface area contributed by atoms with E-state index < -0.39 is 0 Å². The van der Waals surface area contributed by atoms with Crippen molar-refractivity contribution in [1.82, 2.24) is 0 Å². The Balaban J connectivity index is 1.85. The van der Waals surface area contributed by atoms with Gasteiger partial charge in [0.1, 0.15) is 0 Å². The van der Waals surface area contributed by atoms with Crippen molar-refractivity contribution < 1.29 is 4.74 Å². The maximum absolute atomic E-state index is 5.75. The van der Waals surface area contributed by atoms with Crippen LogP contribution in [0.2, 0.25) is 0 Å². The van der Waals surface area contributed by atoms with Gasteiger partial charge in [0.15, 0.2) is 0 Å². The monoisotopic (exact) mass is 262 g/mol. The maximum atomic E-state index is 5.75. The molecule has 0 radical (unpaired) electrons. The minimum absolute atomic E-state index is 0.517. The lowest BCUT2D eigenvalue weighted by Gasteiger charge is -2.37. The summed E-state index contributed by atoms with van der Waals surface area (Å²) in [6.07, 6.45) is 1.15. The van der Waals surface area contributed by atoms with Crippen LogP contribution in [0, 0.1) is 5.92 Å². The molecule has 3 heteroatoms. The number of hydrogen-bond acceptors (Lipinski definition) is 3. The van der Waals surface area contributed by atoms with Gasteiger partial charge in [-0.15, -0.1) is 0 Å². The van der Waals surface area contributed by atoms with E-state index in [0.29, 0.717) is 6.04 Å². The molecule has 3 nitrogen and oxygen atoms in total. The summed E-state index contributed by atoms with van der Waals surface area (Å²) >= 11 is 0. The summed E-state index contributed by atoms with van der Waals surface area (Å²) in [6, 6.07) is 9.04. The van der Waals surface area contributed by atoms with Crippen molar-refractivity contribution in [1.29, 1.82) is 0 Å². The molecule has 0 aliphatic carbocycles. The minimum atomic E-state index is 0.517. The van der Waals surface area contributed by atoms with Crippen molar-refractivity contribution in [2.24, 2.45) is 5.92 Å². The highest BCUT2D eigenvalue weighted by Gasteiger charge is 2.21. The van der Waals surface area contributed by atoms with Crippen molar-refractivity contribution in [3.8, 4) is 0 Å². The van der Waals surface area contributed by atoms with E-state index in [2.05, 4.69) is 55.3 Å². The molecule has 1 heterocycles. The number of anilines is 2. The molecule has 0 spiro atoms. The summed E-state index contributed by atoms with van der Waals surface area (Å²) in [5.41, 5.74) is 2.54. The number of nitrogens with zero attached hydrogens (tertiary/aromatic N) is 1. The zero-order valence-corrected chi connectivity index (χ0v) is 12.4. The lowest BCUT2D eigenvalue weighted by atomic mass is 10.1. The summed E-state index contributed by atoms with van der Waals surface area (Å²) in [7, 11) is 0. The zero-order chi connectivity index (χ0) is 13.7. The predicted octanol–water partition coefficient (Wildman–Crippen LogP) is 3.37. The van der Waals surface area contributed by atoms with Gasteiger partial charge in [0, 0.05) is 25.7 Å². The fourth-order valence-electron chi connectivity index (χ4n) is 2.40. The van der Waals surface area contributed by atoms with Crippen LogP contribution in [0.25, 0.3) is 0 Å². The third-order valence-electron chi connectivity index (χ3n) is 3.65. The fourth-order valence-corrected chi connectivity index (χ4v) is 2.40. The average molecular weight is 262 g/mol. The minimum Gasteiger partial charge on any atom is -0.381 e. The molecule has 1 atom stereocenters. The smallest absolute Gasteiger partial charge is 0.0641 e. The van der Waals surface area contributed by atoms with Gasteiger partial charge in [0.05, 0.1) is 18.0 Å². The number of nitrogens with one attached hydrogen (secondary N) is 1. The Labute approximate surface area is 116 Å². The second-order valence-corrected chi connectivity index (χ2v) is 5.74. The average Bonchev–Trinajstić information content (AvgIpc) is 2.40. The van der Waals surface area contributed by atoms with Gasteiger partial charge in [-0.1, -0.05) is 26.0 Å². The lowest BCUT2D eigenvalue weighted by molar-refractivity contribution is 0.128. The topological polar surface area (TPSA) is 24.5 Å². The summed E-state index contributed by atoms with van der Waals surface area (Å²) in [4.78, 5) is 2.45. The third-order valence-corrected chi connectivity index (χ3v) is 3.65. The fraction of sp³-hybridized carbons (Fsp3) is 0.625. The SMILES string of the molecule is CC(C)CCOCCN1c2ccccc2NCC1C. The Kier molecular flexibility index (Phi) is 5.08. The van der Waals surface area contributed by atoms with E-state index in [1.54, 1.807) is 0 Å². The zero-order valence-electron chi connectivity index (χ0n) is 12.4. The Morgan fingerprint density at radius 3 is 2.89 bits per heavy atom. The molecule has 1 aliphatic heterocycles. The van der Waals surface area contributed by atoms with Crippen LogP contribution in [0.15, 0.2) is 24.3 Å². The van der Waals surface area contributed by atoms with Crippen molar-refractivity contribution in [2.45, 2.75) is 33.2 Å². The number of fused-ring (bicyclic) bond motifs is 1. The van der Waals surface area contributed by atoms with Crippen molar-refractivity contribution in [3.63, 3.8) is 0 Å². The third kappa shape index (κ3) is 3.87. The molecule has 2 rings (SSSR count). The van der Waals surface area contributed by atoms with Crippen molar-refractivity contribution in [2.75, 3.05) is 36.5 Å². The number of para-hydroxylation sites is 2. The van der Waals surface area contributed by atoms with E-state index in [4.69, 9.17) is 4.74 Å². The van der Waals surface area contributed by atoms with Gasteiger partial charge >= 0.3 is 0 Å². The standard InChI is InChI=1S/C16H26N2O/c1-13(2)8-10-19-11-9-18-14(3)12-17-15-6-4-5-7-16(15)18/h4-7,13-14,17H,8-12H2,1-3H3. The summed E-state index contributed by atoms with van der Waals surface area (Å²) < 4.78 is 5.75. The molecular formula is C16H26N2O. The molecule has 0 saturated heterocycles. The van der Waals surface area contributed by atoms with Crippen LogP contribution in [-0.4, -0.2) is 32.3 Å². The molecule has 0 bridgehead atoms. The summed E-state index contributed by atoms with van der Waals surface area (Å²) in [6.45, 7) is 10.4. The van der Waals surface area contributed by atoms with Crippen molar-refractivity contribution >= 4 is 11.4 Å². The van der Waals surface area contributed by atoms with Crippen molar-refractivity contribution in [3.05, 3.63) is 24.3 Å².